The molecule has 0 saturated heterocycles. The summed E-state index contributed by atoms with van der Waals surface area (Å²) in [7, 11) is 0. The van der Waals surface area contributed by atoms with Crippen molar-refractivity contribution in [3.63, 3.8) is 0 Å². The maximum absolute atomic E-state index is 8.95. The summed E-state index contributed by atoms with van der Waals surface area (Å²) in [5.74, 6) is 0.985. The Morgan fingerprint density at radius 3 is 2.58 bits per heavy atom. The highest BCUT2D eigenvalue weighted by molar-refractivity contribution is 5.30. The minimum Gasteiger partial charge on any atom is -0.508 e. The van der Waals surface area contributed by atoms with Crippen molar-refractivity contribution in [2.24, 2.45) is 0 Å². The molecule has 0 aromatic heterocycles. The number of phenolic OH excluding ortho intramolecular Hbond substituents is 1. The van der Waals surface area contributed by atoms with E-state index in [0.29, 0.717) is 0 Å². The number of hydrogen-bond acceptors (Lipinski definition) is 2. The van der Waals surface area contributed by atoms with E-state index in [1.165, 1.54) is 0 Å². The van der Waals surface area contributed by atoms with Gasteiger partial charge in [0.15, 0.2) is 0 Å². The Morgan fingerprint density at radius 1 is 1.33 bits per heavy atom. The van der Waals surface area contributed by atoms with E-state index in [0.717, 1.165) is 12.2 Å². The van der Waals surface area contributed by atoms with E-state index in [-0.39, 0.29) is 5.75 Å². The van der Waals surface area contributed by atoms with E-state index in [2.05, 4.69) is 0 Å². The summed E-state index contributed by atoms with van der Waals surface area (Å²) in [6.45, 7) is 2.04. The van der Waals surface area contributed by atoms with Gasteiger partial charge in [0.1, 0.15) is 11.5 Å². The molecule has 64 valence electrons. The number of phenols is 1. The van der Waals surface area contributed by atoms with Crippen LogP contribution in [0.5, 0.6) is 11.5 Å². The predicted molar refractivity (Wildman–Crippen MR) is 48.2 cm³/mol. The lowest BCUT2D eigenvalue weighted by atomic mass is 10.3. The molecule has 12 heavy (non-hydrogen) atoms. The van der Waals surface area contributed by atoms with Gasteiger partial charge in [-0.2, -0.15) is 0 Å². The van der Waals surface area contributed by atoms with Crippen molar-refractivity contribution in [3.05, 3.63) is 36.6 Å². The molecule has 1 N–H and O–H groups in total. The van der Waals surface area contributed by atoms with E-state index in [1.54, 1.807) is 30.5 Å². The van der Waals surface area contributed by atoms with Crippen LogP contribution in [-0.4, -0.2) is 5.11 Å². The largest absolute Gasteiger partial charge is 0.508 e. The van der Waals surface area contributed by atoms with Gasteiger partial charge in [0.05, 0.1) is 6.26 Å². The third kappa shape index (κ3) is 2.66. The van der Waals surface area contributed by atoms with Gasteiger partial charge < -0.3 is 9.84 Å². The molecule has 0 unspecified atom stereocenters. The minimum absolute atomic E-state index is 0.252. The van der Waals surface area contributed by atoms with Gasteiger partial charge in [-0.1, -0.05) is 6.92 Å². The predicted octanol–water partition coefficient (Wildman–Crippen LogP) is 2.69. The minimum atomic E-state index is 0.252. The Labute approximate surface area is 72.1 Å². The fourth-order valence-electron chi connectivity index (χ4n) is 0.748. The van der Waals surface area contributed by atoms with E-state index < -0.39 is 0 Å². The van der Waals surface area contributed by atoms with Crippen molar-refractivity contribution < 1.29 is 9.84 Å². The van der Waals surface area contributed by atoms with Gasteiger partial charge in [-0.15, -0.1) is 0 Å². The molecule has 1 rings (SSSR count). The standard InChI is InChI=1S/C10H12O2/c1-2-3-8-12-10-6-4-9(11)5-7-10/h3-8,11H,2H2,1H3/b8-3+. The maximum Gasteiger partial charge on any atom is 0.126 e. The molecule has 0 aliphatic rings. The summed E-state index contributed by atoms with van der Waals surface area (Å²) in [5, 5.41) is 8.95. The molecular weight excluding hydrogens is 152 g/mol. The second-order valence-electron chi connectivity index (χ2n) is 2.39. The van der Waals surface area contributed by atoms with Crippen LogP contribution >= 0.6 is 0 Å². The zero-order valence-corrected chi connectivity index (χ0v) is 7.03. The highest BCUT2D eigenvalue weighted by atomic mass is 16.5. The van der Waals surface area contributed by atoms with Crippen molar-refractivity contribution >= 4 is 0 Å². The molecule has 0 spiro atoms. The third-order valence-corrected chi connectivity index (χ3v) is 1.37. The molecule has 0 bridgehead atoms. The van der Waals surface area contributed by atoms with Gasteiger partial charge in [0.25, 0.3) is 0 Å². The van der Waals surface area contributed by atoms with Crippen LogP contribution in [0.25, 0.3) is 0 Å². The highest BCUT2D eigenvalue weighted by Crippen LogP contribution is 2.15. The van der Waals surface area contributed by atoms with Gasteiger partial charge in [-0.05, 0) is 36.8 Å². The van der Waals surface area contributed by atoms with Crippen LogP contribution in [0.1, 0.15) is 13.3 Å². The number of hydrogen-bond donors (Lipinski definition) is 1. The maximum atomic E-state index is 8.95. The van der Waals surface area contributed by atoms with E-state index in [1.807, 2.05) is 13.0 Å². The number of ether oxygens (including phenoxy) is 1. The quantitative estimate of drug-likeness (QED) is 0.696. The van der Waals surface area contributed by atoms with Gasteiger partial charge in [-0.25, -0.2) is 0 Å². The Hall–Kier alpha value is -1.44. The Bertz CT molecular complexity index is 249. The molecule has 1 aromatic rings. The molecule has 0 atom stereocenters. The number of benzene rings is 1. The summed E-state index contributed by atoms with van der Waals surface area (Å²) < 4.78 is 5.21. The van der Waals surface area contributed by atoms with Crippen LogP contribution in [-0.2, 0) is 0 Å². The molecule has 2 nitrogen and oxygen atoms in total. The smallest absolute Gasteiger partial charge is 0.126 e. The summed E-state index contributed by atoms with van der Waals surface area (Å²) >= 11 is 0. The summed E-state index contributed by atoms with van der Waals surface area (Å²) in [6.07, 6.45) is 4.53. The van der Waals surface area contributed by atoms with Gasteiger partial charge in [0.2, 0.25) is 0 Å². The first-order chi connectivity index (χ1) is 5.83. The molecular formula is C10H12O2. The van der Waals surface area contributed by atoms with Crippen LogP contribution in [0, 0.1) is 0 Å². The molecule has 0 aliphatic heterocycles. The topological polar surface area (TPSA) is 29.5 Å². The van der Waals surface area contributed by atoms with Gasteiger partial charge in [-0.3, -0.25) is 0 Å². The van der Waals surface area contributed by atoms with Crippen LogP contribution in [0.2, 0.25) is 0 Å². The van der Waals surface area contributed by atoms with E-state index in [4.69, 9.17) is 9.84 Å². The second-order valence-corrected chi connectivity index (χ2v) is 2.39. The number of allylic oxidation sites excluding steroid dienone is 1. The fraction of sp³-hybridized carbons (Fsp3) is 0.200. The number of aromatic hydroxyl groups is 1. The molecule has 1 aromatic carbocycles. The van der Waals surface area contributed by atoms with Crippen LogP contribution < -0.4 is 4.74 Å². The van der Waals surface area contributed by atoms with Gasteiger partial charge in [0, 0.05) is 0 Å². The molecule has 2 heteroatoms. The molecule has 0 fully saturated rings. The highest BCUT2D eigenvalue weighted by Gasteiger charge is 1.89. The van der Waals surface area contributed by atoms with Crippen LogP contribution in [0.3, 0.4) is 0 Å². The first-order valence-corrected chi connectivity index (χ1v) is 3.93. The average Bonchev–Trinajstić information content (AvgIpc) is 2.09. The summed E-state index contributed by atoms with van der Waals surface area (Å²) in [5.41, 5.74) is 0. The van der Waals surface area contributed by atoms with Crippen LogP contribution in [0.4, 0.5) is 0 Å². The zero-order valence-electron chi connectivity index (χ0n) is 7.03. The molecule has 0 heterocycles. The molecule has 0 amide bonds. The lowest BCUT2D eigenvalue weighted by Gasteiger charge is -1.98. The zero-order chi connectivity index (χ0) is 8.81. The van der Waals surface area contributed by atoms with E-state index in [9.17, 15) is 0 Å². The van der Waals surface area contributed by atoms with Crippen molar-refractivity contribution in [2.45, 2.75) is 13.3 Å². The Morgan fingerprint density at radius 2 is 2.00 bits per heavy atom. The van der Waals surface area contributed by atoms with Crippen molar-refractivity contribution in [3.8, 4) is 11.5 Å². The van der Waals surface area contributed by atoms with E-state index >= 15 is 0 Å². The first kappa shape index (κ1) is 8.65. The van der Waals surface area contributed by atoms with Crippen molar-refractivity contribution in [1.29, 1.82) is 0 Å². The fourth-order valence-corrected chi connectivity index (χ4v) is 0.748. The summed E-state index contributed by atoms with van der Waals surface area (Å²) in [4.78, 5) is 0. The summed E-state index contributed by atoms with van der Waals surface area (Å²) in [6, 6.07) is 6.62. The Balaban J connectivity index is 2.53. The normalized spacial score (nSPS) is 10.4. The van der Waals surface area contributed by atoms with Crippen LogP contribution in [0.15, 0.2) is 36.6 Å². The lowest BCUT2D eigenvalue weighted by molar-refractivity contribution is 0.463. The first-order valence-electron chi connectivity index (χ1n) is 3.93. The average molecular weight is 164 g/mol. The van der Waals surface area contributed by atoms with Gasteiger partial charge >= 0.3 is 0 Å². The Kier molecular flexibility index (Phi) is 3.20. The SMILES string of the molecule is CC/C=C/Oc1ccc(O)cc1. The number of rotatable bonds is 3. The lowest BCUT2D eigenvalue weighted by Crippen LogP contribution is -1.79. The van der Waals surface area contributed by atoms with Crippen molar-refractivity contribution in [1.82, 2.24) is 0 Å². The monoisotopic (exact) mass is 164 g/mol. The second kappa shape index (κ2) is 4.44. The van der Waals surface area contributed by atoms with Crippen molar-refractivity contribution in [2.75, 3.05) is 0 Å². The molecule has 0 saturated carbocycles. The molecule has 0 aliphatic carbocycles. The third-order valence-electron chi connectivity index (χ3n) is 1.37. The molecule has 0 radical (unpaired) electrons.